The van der Waals surface area contributed by atoms with Gasteiger partial charge in [0.1, 0.15) is 0 Å². The highest BCUT2D eigenvalue weighted by atomic mass is 32.2. The summed E-state index contributed by atoms with van der Waals surface area (Å²) in [6, 6.07) is 0. The first kappa shape index (κ1) is 19.6. The van der Waals surface area contributed by atoms with Crippen LogP contribution in [0.1, 0.15) is 19.8 Å². The second kappa shape index (κ2) is 15.4. The van der Waals surface area contributed by atoms with Crippen molar-refractivity contribution in [2.45, 2.75) is 25.0 Å². The van der Waals surface area contributed by atoms with Gasteiger partial charge in [-0.15, -0.1) is 0 Å². The van der Waals surface area contributed by atoms with E-state index in [1.54, 1.807) is 0 Å². The van der Waals surface area contributed by atoms with Gasteiger partial charge in [0.25, 0.3) is 0 Å². The molecule has 0 spiro atoms. The van der Waals surface area contributed by atoms with E-state index >= 15 is 0 Å². The molecule has 1 heterocycles. The van der Waals surface area contributed by atoms with Gasteiger partial charge in [-0.1, -0.05) is 13.3 Å². The molecule has 6 heteroatoms. The molecule has 1 N–H and O–H groups in total. The smallest absolute Gasteiger partial charge is 0.0701 e. The van der Waals surface area contributed by atoms with Crippen LogP contribution in [-0.2, 0) is 14.2 Å². The lowest BCUT2D eigenvalue weighted by molar-refractivity contribution is 0.0147. The molecule has 1 saturated heterocycles. The van der Waals surface area contributed by atoms with Crippen LogP contribution in [0.3, 0.4) is 0 Å². The summed E-state index contributed by atoms with van der Waals surface area (Å²) in [6.45, 7) is 8.51. The maximum Gasteiger partial charge on any atom is 0.0701 e. The second-order valence-corrected chi connectivity index (χ2v) is 7.52. The molecule has 0 aromatic carbocycles. The average molecular weight is 338 g/mol. The van der Waals surface area contributed by atoms with E-state index in [0.717, 1.165) is 38.0 Å². The highest BCUT2D eigenvalue weighted by Crippen LogP contribution is 2.23. The Morgan fingerprint density at radius 2 is 1.67 bits per heavy atom. The first-order valence-corrected chi connectivity index (χ1v) is 10.3. The normalized spacial score (nSPS) is 19.0. The molecule has 1 fully saturated rings. The summed E-state index contributed by atoms with van der Waals surface area (Å²) < 4.78 is 16.4. The molecule has 0 saturated carbocycles. The number of thioether (sulfide) groups is 2. The number of ether oxygens (including phenoxy) is 3. The molecule has 126 valence electrons. The van der Waals surface area contributed by atoms with E-state index in [9.17, 15) is 0 Å². The maximum absolute atomic E-state index is 5.53. The first-order valence-electron chi connectivity index (χ1n) is 8.06. The Bertz CT molecular complexity index is 217. The van der Waals surface area contributed by atoms with Crippen molar-refractivity contribution in [1.29, 1.82) is 0 Å². The van der Waals surface area contributed by atoms with Crippen LogP contribution in [0.4, 0.5) is 0 Å². The summed E-state index contributed by atoms with van der Waals surface area (Å²) in [6.07, 6.45) is 2.31. The Balaban J connectivity index is 1.69. The van der Waals surface area contributed by atoms with Crippen LogP contribution < -0.4 is 5.32 Å². The molecular weight excluding hydrogens is 306 g/mol. The van der Waals surface area contributed by atoms with Crippen LogP contribution in [-0.4, -0.2) is 75.2 Å². The highest BCUT2D eigenvalue weighted by Gasteiger charge is 2.12. The lowest BCUT2D eigenvalue weighted by Gasteiger charge is -2.21. The molecule has 4 nitrogen and oxygen atoms in total. The summed E-state index contributed by atoms with van der Waals surface area (Å²) in [5, 5.41) is 4.24. The molecule has 0 amide bonds. The van der Waals surface area contributed by atoms with Gasteiger partial charge in [0.15, 0.2) is 0 Å². The Morgan fingerprint density at radius 1 is 0.952 bits per heavy atom. The zero-order valence-corrected chi connectivity index (χ0v) is 14.9. The third kappa shape index (κ3) is 12.7. The van der Waals surface area contributed by atoms with E-state index in [1.165, 1.54) is 23.7 Å². The lowest BCUT2D eigenvalue weighted by atomic mass is 10.4. The van der Waals surface area contributed by atoms with Gasteiger partial charge in [0.2, 0.25) is 0 Å². The Morgan fingerprint density at radius 3 is 2.33 bits per heavy atom. The van der Waals surface area contributed by atoms with Crippen molar-refractivity contribution >= 4 is 23.5 Å². The first-order chi connectivity index (χ1) is 10.4. The largest absolute Gasteiger partial charge is 0.379 e. The fraction of sp³-hybridized carbons (Fsp3) is 1.00. The Labute approximate surface area is 138 Å². The summed E-state index contributed by atoms with van der Waals surface area (Å²) in [5.74, 6) is 3.90. The van der Waals surface area contributed by atoms with Crippen LogP contribution in [0.2, 0.25) is 0 Å². The lowest BCUT2D eigenvalue weighted by Crippen LogP contribution is -2.31. The van der Waals surface area contributed by atoms with Crippen LogP contribution in [0.25, 0.3) is 0 Å². The minimum absolute atomic E-state index is 0.659. The predicted molar refractivity (Wildman–Crippen MR) is 93.8 cm³/mol. The number of hydrogen-bond donors (Lipinski definition) is 1. The van der Waals surface area contributed by atoms with E-state index in [4.69, 9.17) is 14.2 Å². The molecule has 1 rings (SSSR count). The van der Waals surface area contributed by atoms with Gasteiger partial charge in [-0.3, -0.25) is 0 Å². The van der Waals surface area contributed by atoms with Crippen LogP contribution in [0.15, 0.2) is 0 Å². The second-order valence-electron chi connectivity index (χ2n) is 4.96. The van der Waals surface area contributed by atoms with Crippen molar-refractivity contribution in [2.24, 2.45) is 0 Å². The monoisotopic (exact) mass is 337 g/mol. The Hall–Kier alpha value is 0.540. The SMILES string of the molecule is CCCCOCCOCCOCCNCC1CSCCS1. The summed E-state index contributed by atoms with van der Waals surface area (Å²) in [5.41, 5.74) is 0. The third-order valence-electron chi connectivity index (χ3n) is 3.07. The zero-order chi connectivity index (χ0) is 15.0. The molecule has 21 heavy (non-hydrogen) atoms. The van der Waals surface area contributed by atoms with E-state index in [-0.39, 0.29) is 0 Å². The molecule has 0 aliphatic carbocycles. The van der Waals surface area contributed by atoms with E-state index in [2.05, 4.69) is 35.8 Å². The number of unbranched alkanes of at least 4 members (excludes halogenated alkanes) is 1. The highest BCUT2D eigenvalue weighted by molar-refractivity contribution is 8.06. The van der Waals surface area contributed by atoms with Gasteiger partial charge in [-0.05, 0) is 6.42 Å². The average Bonchev–Trinajstić information content (AvgIpc) is 2.53. The molecule has 0 aromatic heterocycles. The third-order valence-corrected chi connectivity index (χ3v) is 5.91. The summed E-state index contributed by atoms with van der Waals surface area (Å²) in [4.78, 5) is 0. The topological polar surface area (TPSA) is 39.7 Å². The molecular formula is C15H31NO3S2. The van der Waals surface area contributed by atoms with Crippen LogP contribution >= 0.6 is 23.5 Å². The van der Waals surface area contributed by atoms with Crippen molar-refractivity contribution in [1.82, 2.24) is 5.32 Å². The fourth-order valence-corrected chi connectivity index (χ4v) is 4.50. The quantitative estimate of drug-likeness (QED) is 0.490. The molecule has 0 radical (unpaired) electrons. The van der Waals surface area contributed by atoms with Crippen LogP contribution in [0, 0.1) is 0 Å². The van der Waals surface area contributed by atoms with E-state index in [0.29, 0.717) is 26.4 Å². The minimum Gasteiger partial charge on any atom is -0.379 e. The van der Waals surface area contributed by atoms with Crippen molar-refractivity contribution in [3.8, 4) is 0 Å². The molecule has 1 atom stereocenters. The number of rotatable bonds is 14. The molecule has 0 bridgehead atoms. The van der Waals surface area contributed by atoms with Crippen molar-refractivity contribution < 1.29 is 14.2 Å². The molecule has 1 aliphatic rings. The van der Waals surface area contributed by atoms with Crippen LogP contribution in [0.5, 0.6) is 0 Å². The zero-order valence-electron chi connectivity index (χ0n) is 13.3. The van der Waals surface area contributed by atoms with E-state index in [1.807, 2.05) is 0 Å². The summed E-state index contributed by atoms with van der Waals surface area (Å²) in [7, 11) is 0. The van der Waals surface area contributed by atoms with Gasteiger partial charge in [0, 0.05) is 42.2 Å². The van der Waals surface area contributed by atoms with Crippen molar-refractivity contribution in [3.05, 3.63) is 0 Å². The molecule has 0 aromatic rings. The molecule has 1 unspecified atom stereocenters. The maximum atomic E-state index is 5.53. The standard InChI is InChI=1S/C15H31NO3S2/c1-2-3-5-17-7-9-19-10-8-18-6-4-16-13-15-14-20-11-12-21-15/h15-16H,2-14H2,1H3. The summed E-state index contributed by atoms with van der Waals surface area (Å²) >= 11 is 4.16. The Kier molecular flexibility index (Phi) is 14.4. The minimum atomic E-state index is 0.659. The fourth-order valence-electron chi connectivity index (χ4n) is 1.85. The van der Waals surface area contributed by atoms with E-state index < -0.39 is 0 Å². The number of hydrogen-bond acceptors (Lipinski definition) is 6. The van der Waals surface area contributed by atoms with Gasteiger partial charge in [0.05, 0.1) is 33.0 Å². The predicted octanol–water partition coefficient (Wildman–Crippen LogP) is 2.27. The van der Waals surface area contributed by atoms with Gasteiger partial charge in [-0.2, -0.15) is 23.5 Å². The molecule has 1 aliphatic heterocycles. The van der Waals surface area contributed by atoms with Gasteiger partial charge in [-0.25, -0.2) is 0 Å². The van der Waals surface area contributed by atoms with Crippen molar-refractivity contribution in [2.75, 3.05) is 70.0 Å². The van der Waals surface area contributed by atoms with Gasteiger partial charge >= 0.3 is 0 Å². The van der Waals surface area contributed by atoms with Gasteiger partial charge < -0.3 is 19.5 Å². The number of nitrogens with one attached hydrogen (secondary N) is 1. The van der Waals surface area contributed by atoms with Crippen molar-refractivity contribution in [3.63, 3.8) is 0 Å².